The van der Waals surface area contributed by atoms with Crippen molar-refractivity contribution >= 4 is 17.6 Å². The molecule has 0 bridgehead atoms. The van der Waals surface area contributed by atoms with Gasteiger partial charge in [0.05, 0.1) is 0 Å². The van der Waals surface area contributed by atoms with E-state index in [0.29, 0.717) is 23.8 Å². The quantitative estimate of drug-likeness (QED) is 0.822. The summed E-state index contributed by atoms with van der Waals surface area (Å²) < 4.78 is 25.2. The van der Waals surface area contributed by atoms with Gasteiger partial charge in [0.25, 0.3) is 5.91 Å². The van der Waals surface area contributed by atoms with E-state index in [2.05, 4.69) is 5.32 Å². The maximum absolute atomic E-state index is 11.7. The van der Waals surface area contributed by atoms with Crippen LogP contribution in [0.1, 0.15) is 0 Å². The van der Waals surface area contributed by atoms with Crippen LogP contribution in [0.5, 0.6) is 11.5 Å². The van der Waals surface area contributed by atoms with E-state index in [-0.39, 0.29) is 19.2 Å². The van der Waals surface area contributed by atoms with Gasteiger partial charge in [-0.15, -0.1) is 0 Å². The number of hydrogen-bond acceptors (Lipinski definition) is 7. The van der Waals surface area contributed by atoms with Crippen molar-refractivity contribution in [3.8, 4) is 11.5 Å². The van der Waals surface area contributed by atoms with Crippen LogP contribution < -0.4 is 14.8 Å². The number of carbonyl (C=O) groups excluding carboxylic acids is 2. The van der Waals surface area contributed by atoms with Gasteiger partial charge in [0.15, 0.2) is 18.1 Å². The van der Waals surface area contributed by atoms with E-state index >= 15 is 0 Å². The molecule has 2 heterocycles. The molecule has 8 nitrogen and oxygen atoms in total. The summed E-state index contributed by atoms with van der Waals surface area (Å²) in [6, 6.07) is 4.97. The van der Waals surface area contributed by atoms with Crippen LogP contribution >= 0.6 is 0 Å². The van der Waals surface area contributed by atoms with Crippen molar-refractivity contribution in [3.05, 3.63) is 30.2 Å². The number of rotatable bonds is 4. The number of anilines is 1. The van der Waals surface area contributed by atoms with Gasteiger partial charge in [-0.25, -0.2) is 4.79 Å². The molecule has 1 aromatic rings. The first-order valence-corrected chi connectivity index (χ1v) is 6.53. The highest BCUT2D eigenvalue weighted by molar-refractivity contribution is 5.94. The maximum Gasteiger partial charge on any atom is 0.377 e. The number of fused-ring (bicyclic) bond motifs is 1. The van der Waals surface area contributed by atoms with Gasteiger partial charge in [0, 0.05) is 11.8 Å². The fourth-order valence-corrected chi connectivity index (χ4v) is 1.85. The molecule has 0 aliphatic carbocycles. The van der Waals surface area contributed by atoms with E-state index in [0.717, 1.165) is 0 Å². The Balaban J connectivity index is 1.50. The lowest BCUT2D eigenvalue weighted by molar-refractivity contribution is -0.148. The van der Waals surface area contributed by atoms with Gasteiger partial charge >= 0.3 is 5.97 Å². The Labute approximate surface area is 125 Å². The zero-order valence-electron chi connectivity index (χ0n) is 11.5. The molecule has 0 radical (unpaired) electrons. The summed E-state index contributed by atoms with van der Waals surface area (Å²) in [6.45, 7) is 0.362. The van der Waals surface area contributed by atoms with E-state index in [4.69, 9.17) is 23.7 Å². The van der Waals surface area contributed by atoms with Gasteiger partial charge in [-0.2, -0.15) is 0 Å². The molecule has 0 unspecified atom stereocenters. The number of benzene rings is 1. The molecule has 1 aromatic carbocycles. The van der Waals surface area contributed by atoms with Crippen molar-refractivity contribution < 1.29 is 33.3 Å². The summed E-state index contributed by atoms with van der Waals surface area (Å²) in [7, 11) is 0. The summed E-state index contributed by atoms with van der Waals surface area (Å²) >= 11 is 0. The van der Waals surface area contributed by atoms with Crippen molar-refractivity contribution in [2.24, 2.45) is 0 Å². The number of esters is 1. The molecule has 1 amide bonds. The molecule has 0 spiro atoms. The van der Waals surface area contributed by atoms with Gasteiger partial charge < -0.3 is 29.0 Å². The van der Waals surface area contributed by atoms with Crippen LogP contribution in [0.25, 0.3) is 0 Å². The lowest BCUT2D eigenvalue weighted by atomic mass is 10.3. The minimum Gasteiger partial charge on any atom is -0.493 e. The SMILES string of the molecule is O=C(COC(=O)C1=COCCO1)Nc1ccc2c(c1)OCO2. The minimum absolute atomic E-state index is 0.0536. The number of hydrogen-bond donors (Lipinski definition) is 1. The standard InChI is InChI=1S/C14H13NO7/c16-13(7-20-14(17)12-6-18-3-4-19-12)15-9-1-2-10-11(5-9)22-8-21-10/h1-2,5-6H,3-4,7-8H2,(H,15,16). The topological polar surface area (TPSA) is 92.3 Å². The highest BCUT2D eigenvalue weighted by atomic mass is 16.7. The molecule has 116 valence electrons. The fourth-order valence-electron chi connectivity index (χ4n) is 1.85. The molecule has 0 saturated carbocycles. The van der Waals surface area contributed by atoms with Crippen LogP contribution in [0.4, 0.5) is 5.69 Å². The van der Waals surface area contributed by atoms with Gasteiger partial charge in [-0.05, 0) is 12.1 Å². The summed E-state index contributed by atoms with van der Waals surface area (Å²) in [5.41, 5.74) is 0.516. The number of carbonyl (C=O) groups is 2. The Hall–Kier alpha value is -2.90. The Morgan fingerprint density at radius 1 is 1.14 bits per heavy atom. The van der Waals surface area contributed by atoms with Crippen molar-refractivity contribution in [1.82, 2.24) is 0 Å². The van der Waals surface area contributed by atoms with Gasteiger partial charge in [0.1, 0.15) is 19.5 Å². The van der Waals surface area contributed by atoms with Crippen molar-refractivity contribution in [2.45, 2.75) is 0 Å². The van der Waals surface area contributed by atoms with E-state index in [9.17, 15) is 9.59 Å². The Morgan fingerprint density at radius 3 is 2.82 bits per heavy atom. The van der Waals surface area contributed by atoms with E-state index in [1.165, 1.54) is 6.26 Å². The second-order valence-corrected chi connectivity index (χ2v) is 4.39. The fraction of sp³-hybridized carbons (Fsp3) is 0.286. The monoisotopic (exact) mass is 307 g/mol. The smallest absolute Gasteiger partial charge is 0.377 e. The van der Waals surface area contributed by atoms with Crippen LogP contribution in [0.15, 0.2) is 30.2 Å². The average molecular weight is 307 g/mol. The second kappa shape index (κ2) is 6.25. The van der Waals surface area contributed by atoms with Gasteiger partial charge in [-0.1, -0.05) is 0 Å². The molecule has 22 heavy (non-hydrogen) atoms. The number of nitrogens with one attached hydrogen (secondary N) is 1. The maximum atomic E-state index is 11.7. The molecule has 0 saturated heterocycles. The predicted octanol–water partition coefficient (Wildman–Crippen LogP) is 0.785. The summed E-state index contributed by atoms with van der Waals surface area (Å²) in [5.74, 6) is -0.120. The Kier molecular flexibility index (Phi) is 3.99. The number of amides is 1. The van der Waals surface area contributed by atoms with Gasteiger partial charge in [0.2, 0.25) is 12.6 Å². The zero-order chi connectivity index (χ0) is 15.4. The van der Waals surface area contributed by atoms with Crippen LogP contribution in [-0.4, -0.2) is 38.5 Å². The Morgan fingerprint density at radius 2 is 2.00 bits per heavy atom. The first kappa shape index (κ1) is 14.1. The van der Waals surface area contributed by atoms with Crippen molar-refractivity contribution in [2.75, 3.05) is 31.9 Å². The van der Waals surface area contributed by atoms with Crippen molar-refractivity contribution in [3.63, 3.8) is 0 Å². The molecule has 0 atom stereocenters. The zero-order valence-corrected chi connectivity index (χ0v) is 11.5. The third-order valence-electron chi connectivity index (χ3n) is 2.84. The normalized spacial score (nSPS) is 15.2. The summed E-state index contributed by atoms with van der Waals surface area (Å²) in [6.07, 6.45) is 1.17. The van der Waals surface area contributed by atoms with Crippen LogP contribution in [0, 0.1) is 0 Å². The number of ether oxygens (including phenoxy) is 5. The molecule has 0 fully saturated rings. The highest BCUT2D eigenvalue weighted by Crippen LogP contribution is 2.34. The second-order valence-electron chi connectivity index (χ2n) is 4.39. The molecular weight excluding hydrogens is 294 g/mol. The summed E-state index contributed by atoms with van der Waals surface area (Å²) in [4.78, 5) is 23.3. The largest absolute Gasteiger partial charge is 0.493 e. The van der Waals surface area contributed by atoms with E-state index < -0.39 is 18.5 Å². The summed E-state index contributed by atoms with van der Waals surface area (Å²) in [5, 5.41) is 2.59. The van der Waals surface area contributed by atoms with Crippen molar-refractivity contribution in [1.29, 1.82) is 0 Å². The first-order chi connectivity index (χ1) is 10.7. The van der Waals surface area contributed by atoms with E-state index in [1.807, 2.05) is 0 Å². The molecule has 3 rings (SSSR count). The molecule has 2 aliphatic rings. The third kappa shape index (κ3) is 3.22. The lowest BCUT2D eigenvalue weighted by Gasteiger charge is -2.14. The highest BCUT2D eigenvalue weighted by Gasteiger charge is 2.18. The van der Waals surface area contributed by atoms with Crippen LogP contribution in [0.2, 0.25) is 0 Å². The van der Waals surface area contributed by atoms with E-state index in [1.54, 1.807) is 18.2 Å². The van der Waals surface area contributed by atoms with Crippen LogP contribution in [0.3, 0.4) is 0 Å². The molecule has 8 heteroatoms. The molecule has 2 aliphatic heterocycles. The Bertz CT molecular complexity index is 626. The average Bonchev–Trinajstić information content (AvgIpc) is 3.01. The van der Waals surface area contributed by atoms with Gasteiger partial charge in [-0.3, -0.25) is 4.79 Å². The predicted molar refractivity (Wildman–Crippen MR) is 72.1 cm³/mol. The minimum atomic E-state index is -0.750. The molecular formula is C14H13NO7. The lowest BCUT2D eigenvalue weighted by Crippen LogP contribution is -2.23. The van der Waals surface area contributed by atoms with Crippen LogP contribution in [-0.2, 0) is 23.8 Å². The molecule has 1 N–H and O–H groups in total. The molecule has 0 aromatic heterocycles. The third-order valence-corrected chi connectivity index (χ3v) is 2.84. The first-order valence-electron chi connectivity index (χ1n) is 6.53.